The second-order valence-corrected chi connectivity index (χ2v) is 9.14. The fraction of sp³-hybridized carbons (Fsp3) is 0.348. The molecule has 2 unspecified atom stereocenters. The van der Waals surface area contributed by atoms with Crippen molar-refractivity contribution in [1.82, 2.24) is 20.2 Å². The number of halogens is 1. The predicted octanol–water partition coefficient (Wildman–Crippen LogP) is 4.95. The van der Waals surface area contributed by atoms with Crippen LogP contribution < -0.4 is 5.32 Å². The van der Waals surface area contributed by atoms with Gasteiger partial charge in [-0.25, -0.2) is 9.78 Å². The first-order valence-electron chi connectivity index (χ1n) is 10.4. The first-order chi connectivity index (χ1) is 14.8. The highest BCUT2D eigenvalue weighted by atomic mass is 79.9. The van der Waals surface area contributed by atoms with Crippen molar-refractivity contribution >= 4 is 39.0 Å². The summed E-state index contributed by atoms with van der Waals surface area (Å²) in [6, 6.07) is 13.3. The molecule has 162 valence electrons. The summed E-state index contributed by atoms with van der Waals surface area (Å²) < 4.78 is 1.03. The van der Waals surface area contributed by atoms with Crippen molar-refractivity contribution in [3.63, 3.8) is 0 Å². The van der Waals surface area contributed by atoms with Crippen LogP contribution in [0.15, 0.2) is 46.9 Å². The number of hydrogen-bond acceptors (Lipinski definition) is 3. The van der Waals surface area contributed by atoms with Crippen molar-refractivity contribution in [2.24, 2.45) is 5.92 Å². The van der Waals surface area contributed by atoms with Crippen molar-refractivity contribution in [2.75, 3.05) is 6.54 Å². The van der Waals surface area contributed by atoms with Gasteiger partial charge in [-0.3, -0.25) is 4.79 Å². The third-order valence-electron chi connectivity index (χ3n) is 5.74. The molecule has 1 aliphatic rings. The quantitative estimate of drug-likeness (QED) is 0.477. The maximum atomic E-state index is 13.1. The summed E-state index contributed by atoms with van der Waals surface area (Å²) in [5, 5.41) is 11.5. The number of benzene rings is 2. The lowest BCUT2D eigenvalue weighted by atomic mass is 10.0. The molecule has 0 spiro atoms. The third kappa shape index (κ3) is 4.44. The molecule has 1 aromatic heterocycles. The molecule has 0 radical (unpaired) electrons. The van der Waals surface area contributed by atoms with Gasteiger partial charge in [-0.05, 0) is 54.2 Å². The minimum Gasteiger partial charge on any atom is -0.465 e. The number of nitrogens with one attached hydrogen (secondary N) is 2. The second kappa shape index (κ2) is 8.70. The van der Waals surface area contributed by atoms with Crippen molar-refractivity contribution in [3.05, 3.63) is 52.8 Å². The Balaban J connectivity index is 1.62. The van der Waals surface area contributed by atoms with Gasteiger partial charge in [-0.2, -0.15) is 0 Å². The maximum Gasteiger partial charge on any atom is 0.405 e. The normalized spacial score (nSPS) is 17.3. The number of amides is 2. The lowest BCUT2D eigenvalue weighted by molar-refractivity contribution is -0.135. The van der Waals surface area contributed by atoms with Gasteiger partial charge in [0.2, 0.25) is 5.91 Å². The number of aromatic nitrogens is 2. The van der Waals surface area contributed by atoms with E-state index in [4.69, 9.17) is 10.1 Å². The second-order valence-electron chi connectivity index (χ2n) is 8.22. The molecule has 0 saturated carbocycles. The lowest BCUT2D eigenvalue weighted by Gasteiger charge is -2.29. The maximum absolute atomic E-state index is 13.1. The standard InChI is InChI=1S/C23H25BrN4O3/c1-13(2)20(27-23(30)31)22(29)28-11-3-4-19(28)21-25-17-10-7-15(12-18(17)26-21)14-5-8-16(24)9-6-14/h5-10,12-13,19-20,27H,3-4,11H2,1-2H3,(H,25,26)(H,30,31). The van der Waals surface area contributed by atoms with Gasteiger partial charge in [-0.15, -0.1) is 0 Å². The van der Waals surface area contributed by atoms with E-state index in [0.717, 1.165) is 45.3 Å². The number of carbonyl (C=O) groups is 2. The summed E-state index contributed by atoms with van der Waals surface area (Å²) in [5.74, 6) is 0.400. The highest BCUT2D eigenvalue weighted by Gasteiger charge is 2.37. The zero-order chi connectivity index (χ0) is 22.1. The number of likely N-dealkylation sites (tertiary alicyclic amines) is 1. The first kappa shape index (κ1) is 21.4. The van der Waals surface area contributed by atoms with Crippen LogP contribution in [0.1, 0.15) is 38.6 Å². The van der Waals surface area contributed by atoms with Crippen LogP contribution in [0.5, 0.6) is 0 Å². The van der Waals surface area contributed by atoms with Gasteiger partial charge in [0.15, 0.2) is 0 Å². The van der Waals surface area contributed by atoms with Gasteiger partial charge in [0, 0.05) is 11.0 Å². The number of nitrogens with zero attached hydrogens (tertiary/aromatic N) is 2. The van der Waals surface area contributed by atoms with Crippen LogP contribution >= 0.6 is 15.9 Å². The van der Waals surface area contributed by atoms with Gasteiger partial charge in [0.25, 0.3) is 0 Å². The molecule has 7 nitrogen and oxygen atoms in total. The summed E-state index contributed by atoms with van der Waals surface area (Å²) >= 11 is 3.46. The molecule has 4 rings (SSSR count). The lowest BCUT2D eigenvalue weighted by Crippen LogP contribution is -2.50. The molecule has 2 aromatic carbocycles. The van der Waals surface area contributed by atoms with E-state index in [1.807, 2.05) is 38.1 Å². The van der Waals surface area contributed by atoms with Gasteiger partial charge in [-0.1, -0.05) is 48.0 Å². The van der Waals surface area contributed by atoms with E-state index in [0.29, 0.717) is 6.54 Å². The Morgan fingerprint density at radius 1 is 1.19 bits per heavy atom. The van der Waals surface area contributed by atoms with Crippen LogP contribution in [-0.4, -0.2) is 44.6 Å². The van der Waals surface area contributed by atoms with Crippen LogP contribution in [0.25, 0.3) is 22.2 Å². The summed E-state index contributed by atoms with van der Waals surface area (Å²) in [6.07, 6.45) is 0.463. The van der Waals surface area contributed by atoms with Crippen LogP contribution in [-0.2, 0) is 4.79 Å². The Morgan fingerprint density at radius 3 is 2.58 bits per heavy atom. The van der Waals surface area contributed by atoms with Gasteiger partial charge in [0.05, 0.1) is 17.1 Å². The number of carbonyl (C=O) groups excluding carboxylic acids is 1. The van der Waals surface area contributed by atoms with Crippen LogP contribution in [0.4, 0.5) is 4.79 Å². The number of hydrogen-bond donors (Lipinski definition) is 3. The molecule has 2 atom stereocenters. The largest absolute Gasteiger partial charge is 0.465 e. The van der Waals surface area contributed by atoms with Crippen LogP contribution in [0.3, 0.4) is 0 Å². The molecule has 1 aliphatic heterocycles. The summed E-state index contributed by atoms with van der Waals surface area (Å²) in [7, 11) is 0. The fourth-order valence-corrected chi connectivity index (χ4v) is 4.41. The van der Waals surface area contributed by atoms with Crippen LogP contribution in [0.2, 0.25) is 0 Å². The van der Waals surface area contributed by atoms with E-state index in [2.05, 4.69) is 44.4 Å². The monoisotopic (exact) mass is 484 g/mol. The molecule has 3 aromatic rings. The summed E-state index contributed by atoms with van der Waals surface area (Å²) in [6.45, 7) is 4.28. The number of imidazole rings is 1. The first-order valence-corrected chi connectivity index (χ1v) is 11.2. The fourth-order valence-electron chi connectivity index (χ4n) is 4.15. The average Bonchev–Trinajstić information content (AvgIpc) is 3.38. The molecular weight excluding hydrogens is 460 g/mol. The molecule has 2 heterocycles. The minimum absolute atomic E-state index is 0.144. The molecule has 31 heavy (non-hydrogen) atoms. The zero-order valence-corrected chi connectivity index (χ0v) is 19.0. The van der Waals surface area contributed by atoms with E-state index >= 15 is 0 Å². The highest BCUT2D eigenvalue weighted by molar-refractivity contribution is 9.10. The molecule has 8 heteroatoms. The Hall–Kier alpha value is -2.87. The molecular formula is C23H25BrN4O3. The zero-order valence-electron chi connectivity index (χ0n) is 17.4. The number of aromatic amines is 1. The third-order valence-corrected chi connectivity index (χ3v) is 6.27. The number of rotatable bonds is 5. The van der Waals surface area contributed by atoms with Crippen molar-refractivity contribution in [1.29, 1.82) is 0 Å². The number of carboxylic acid groups (broad SMARTS) is 1. The molecule has 1 saturated heterocycles. The smallest absolute Gasteiger partial charge is 0.405 e. The van der Waals surface area contributed by atoms with E-state index < -0.39 is 12.1 Å². The Kier molecular flexibility index (Phi) is 6.00. The molecule has 3 N–H and O–H groups in total. The predicted molar refractivity (Wildman–Crippen MR) is 123 cm³/mol. The van der Waals surface area contributed by atoms with E-state index in [-0.39, 0.29) is 17.9 Å². The van der Waals surface area contributed by atoms with Crippen LogP contribution in [0, 0.1) is 5.92 Å². The summed E-state index contributed by atoms with van der Waals surface area (Å²) in [5.41, 5.74) is 3.96. The highest BCUT2D eigenvalue weighted by Crippen LogP contribution is 2.33. The van der Waals surface area contributed by atoms with Gasteiger partial charge in [0.1, 0.15) is 11.9 Å². The van der Waals surface area contributed by atoms with Gasteiger partial charge >= 0.3 is 6.09 Å². The SMILES string of the molecule is CC(C)C(NC(=O)O)C(=O)N1CCCC1c1nc2ccc(-c3ccc(Br)cc3)cc2[nH]1. The topological polar surface area (TPSA) is 98.3 Å². The van der Waals surface area contributed by atoms with Gasteiger partial charge < -0.3 is 20.3 Å². The number of fused-ring (bicyclic) bond motifs is 1. The van der Waals surface area contributed by atoms with Crippen molar-refractivity contribution < 1.29 is 14.7 Å². The van der Waals surface area contributed by atoms with E-state index in [9.17, 15) is 9.59 Å². The Labute approximate surface area is 189 Å². The minimum atomic E-state index is -1.19. The Bertz CT molecular complexity index is 1110. The molecule has 0 aliphatic carbocycles. The molecule has 0 bridgehead atoms. The van der Waals surface area contributed by atoms with Crippen molar-refractivity contribution in [2.45, 2.75) is 38.8 Å². The average molecular weight is 485 g/mol. The van der Waals surface area contributed by atoms with E-state index in [1.54, 1.807) is 4.90 Å². The van der Waals surface area contributed by atoms with E-state index in [1.165, 1.54) is 0 Å². The van der Waals surface area contributed by atoms with Crippen molar-refractivity contribution in [3.8, 4) is 11.1 Å². The molecule has 1 fully saturated rings. The summed E-state index contributed by atoms with van der Waals surface area (Å²) in [4.78, 5) is 34.2. The Morgan fingerprint density at radius 2 is 1.90 bits per heavy atom. The molecule has 2 amide bonds. The number of H-pyrrole nitrogens is 1.